The number of nitrogens with zero attached hydrogens (tertiary/aromatic N) is 6. The summed E-state index contributed by atoms with van der Waals surface area (Å²) in [5, 5.41) is 20.3. The van der Waals surface area contributed by atoms with Gasteiger partial charge in [-0.05, 0) is 55.2 Å². The largest absolute Gasteiger partial charge is 0.480 e. The van der Waals surface area contributed by atoms with E-state index in [1.54, 1.807) is 18.5 Å². The molecule has 44 heavy (non-hydrogen) atoms. The van der Waals surface area contributed by atoms with Gasteiger partial charge in [0.2, 0.25) is 5.95 Å². The van der Waals surface area contributed by atoms with E-state index < -0.39 is 5.97 Å². The van der Waals surface area contributed by atoms with Crippen LogP contribution in [-0.4, -0.2) is 92.6 Å². The summed E-state index contributed by atoms with van der Waals surface area (Å²) in [5.74, 6) is -0.575. The van der Waals surface area contributed by atoms with E-state index >= 15 is 0 Å². The predicted molar refractivity (Wildman–Crippen MR) is 167 cm³/mol. The number of hydrogen-bond donors (Lipinski definition) is 3. The van der Waals surface area contributed by atoms with E-state index in [1.807, 2.05) is 41.3 Å². The van der Waals surface area contributed by atoms with E-state index in [0.717, 1.165) is 76.5 Å². The summed E-state index contributed by atoms with van der Waals surface area (Å²) in [6, 6.07) is 17.3. The molecule has 0 atom stereocenters. The van der Waals surface area contributed by atoms with E-state index in [1.165, 1.54) is 10.2 Å². The summed E-state index contributed by atoms with van der Waals surface area (Å²) >= 11 is 0. The van der Waals surface area contributed by atoms with Crippen molar-refractivity contribution >= 4 is 29.3 Å². The highest BCUT2D eigenvalue weighted by Crippen LogP contribution is 2.31. The van der Waals surface area contributed by atoms with Crippen LogP contribution in [0.5, 0.6) is 0 Å². The van der Waals surface area contributed by atoms with E-state index in [-0.39, 0.29) is 12.6 Å². The molecule has 2 aromatic carbocycles. The lowest BCUT2D eigenvalue weighted by molar-refractivity contribution is -0.137. The number of likely N-dealkylation sites (tertiary alicyclic amines) is 1. The number of aromatic nitrogens is 4. The van der Waals surface area contributed by atoms with Gasteiger partial charge in [0, 0.05) is 67.6 Å². The van der Waals surface area contributed by atoms with Crippen molar-refractivity contribution in [1.82, 2.24) is 29.5 Å². The lowest BCUT2D eigenvalue weighted by atomic mass is 10.1. The third kappa shape index (κ3) is 7.39. The van der Waals surface area contributed by atoms with Crippen molar-refractivity contribution in [2.45, 2.75) is 25.8 Å². The third-order valence-corrected chi connectivity index (χ3v) is 7.80. The summed E-state index contributed by atoms with van der Waals surface area (Å²) < 4.78 is 6.84. The average molecular weight is 597 g/mol. The van der Waals surface area contributed by atoms with Crippen molar-refractivity contribution in [2.75, 3.05) is 56.6 Å². The van der Waals surface area contributed by atoms with Crippen molar-refractivity contribution in [3.05, 3.63) is 72.6 Å². The van der Waals surface area contributed by atoms with Gasteiger partial charge in [-0.1, -0.05) is 24.3 Å². The first-order chi connectivity index (χ1) is 21.5. The molecule has 4 heterocycles. The quantitative estimate of drug-likeness (QED) is 0.244. The van der Waals surface area contributed by atoms with Crippen molar-refractivity contribution < 1.29 is 19.4 Å². The Morgan fingerprint density at radius 3 is 2.52 bits per heavy atom. The molecule has 2 saturated heterocycles. The molecule has 12 nitrogen and oxygen atoms in total. The monoisotopic (exact) mass is 596 g/mol. The molecular formula is C32H36N8O4. The molecule has 2 amide bonds. The number of ether oxygens (including phenoxy) is 1. The zero-order valence-corrected chi connectivity index (χ0v) is 24.5. The molecule has 0 bridgehead atoms. The minimum absolute atomic E-state index is 0.106. The number of carboxylic acids is 1. The molecule has 2 aromatic heterocycles. The Hall–Kier alpha value is -4.81. The summed E-state index contributed by atoms with van der Waals surface area (Å²) in [5.41, 5.74) is 5.40. The summed E-state index contributed by atoms with van der Waals surface area (Å²) in [7, 11) is 0. The van der Waals surface area contributed by atoms with Gasteiger partial charge in [-0.25, -0.2) is 14.8 Å². The smallest absolute Gasteiger partial charge is 0.325 e. The van der Waals surface area contributed by atoms with Crippen LogP contribution in [0, 0.1) is 0 Å². The Morgan fingerprint density at radius 2 is 1.75 bits per heavy atom. The topological polar surface area (TPSA) is 138 Å². The highest BCUT2D eigenvalue weighted by molar-refractivity contribution is 5.90. The lowest BCUT2D eigenvalue weighted by Gasteiger charge is -2.26. The van der Waals surface area contributed by atoms with E-state index in [0.29, 0.717) is 28.6 Å². The van der Waals surface area contributed by atoms with Crippen LogP contribution in [0.2, 0.25) is 0 Å². The van der Waals surface area contributed by atoms with Crippen LogP contribution in [-0.2, 0) is 22.5 Å². The van der Waals surface area contributed by atoms with Gasteiger partial charge in [0.05, 0.1) is 18.9 Å². The van der Waals surface area contributed by atoms with Crippen LogP contribution in [0.1, 0.15) is 18.4 Å². The van der Waals surface area contributed by atoms with E-state index in [2.05, 4.69) is 37.7 Å². The molecule has 4 aromatic rings. The Kier molecular flexibility index (Phi) is 9.09. The zero-order chi connectivity index (χ0) is 30.3. The molecule has 0 saturated carbocycles. The maximum Gasteiger partial charge on any atom is 0.325 e. The first kappa shape index (κ1) is 29.3. The van der Waals surface area contributed by atoms with Gasteiger partial charge < -0.3 is 25.4 Å². The van der Waals surface area contributed by atoms with Crippen molar-refractivity contribution in [3.8, 4) is 22.5 Å². The highest BCUT2D eigenvalue weighted by Gasteiger charge is 2.19. The van der Waals surface area contributed by atoms with Gasteiger partial charge in [0.1, 0.15) is 12.2 Å². The maximum absolute atomic E-state index is 12.5. The number of carbonyl (C=O) groups excluding carboxylic acids is 1. The van der Waals surface area contributed by atoms with Crippen molar-refractivity contribution in [3.63, 3.8) is 0 Å². The number of carbonyl (C=O) groups is 2. The number of anilines is 3. The molecule has 2 aliphatic rings. The fraction of sp³-hybridized carbons (Fsp3) is 0.344. The highest BCUT2D eigenvalue weighted by atomic mass is 16.5. The number of rotatable bonds is 10. The van der Waals surface area contributed by atoms with Crippen LogP contribution in [0.4, 0.5) is 22.1 Å². The van der Waals surface area contributed by atoms with Crippen LogP contribution in [0.25, 0.3) is 22.5 Å². The summed E-state index contributed by atoms with van der Waals surface area (Å²) in [6.45, 7) is 5.72. The Bertz CT molecular complexity index is 1590. The maximum atomic E-state index is 12.5. The zero-order valence-electron chi connectivity index (χ0n) is 24.5. The van der Waals surface area contributed by atoms with Gasteiger partial charge in [0.25, 0.3) is 0 Å². The molecule has 12 heteroatoms. The summed E-state index contributed by atoms with van der Waals surface area (Å²) in [4.78, 5) is 37.4. The fourth-order valence-corrected chi connectivity index (χ4v) is 5.49. The minimum Gasteiger partial charge on any atom is -0.480 e. The fourth-order valence-electron chi connectivity index (χ4n) is 5.49. The number of carboxylic acid groups (broad SMARTS) is 1. The first-order valence-corrected chi connectivity index (χ1v) is 15.0. The third-order valence-electron chi connectivity index (χ3n) is 7.80. The molecule has 0 radical (unpaired) electrons. The van der Waals surface area contributed by atoms with E-state index in [9.17, 15) is 14.7 Å². The van der Waals surface area contributed by atoms with Gasteiger partial charge in [-0.2, -0.15) is 5.10 Å². The number of morpholine rings is 1. The normalized spacial score (nSPS) is 15.3. The lowest BCUT2D eigenvalue weighted by Crippen LogP contribution is -2.37. The molecule has 0 unspecified atom stereocenters. The standard InChI is InChI=1S/C32H36N8O4/c41-29(42)22-40-21-27(30(37-40)24-6-8-25(9-7-24)35-32(43)39-13-1-2-14-39)28-10-12-33-31(36-28)34-26-5-3-4-23(20-26)11-15-38-16-18-44-19-17-38/h3-10,12,20-21H,1-2,11,13-19,22H2,(H,35,43)(H,41,42)(H,33,34,36). The minimum atomic E-state index is -0.996. The van der Waals surface area contributed by atoms with Gasteiger partial charge in [0.15, 0.2) is 0 Å². The second-order valence-electron chi connectivity index (χ2n) is 11.0. The van der Waals surface area contributed by atoms with Gasteiger partial charge in [-0.15, -0.1) is 0 Å². The second kappa shape index (κ2) is 13.7. The molecule has 0 aliphatic carbocycles. The van der Waals surface area contributed by atoms with Crippen molar-refractivity contribution in [1.29, 1.82) is 0 Å². The van der Waals surface area contributed by atoms with Gasteiger partial charge >= 0.3 is 12.0 Å². The summed E-state index contributed by atoms with van der Waals surface area (Å²) in [6.07, 6.45) is 6.34. The SMILES string of the molecule is O=C(O)Cn1cc(-c2ccnc(Nc3cccc(CCN4CCOCC4)c3)n2)c(-c2ccc(NC(=O)N3CCCC3)cc2)n1. The first-order valence-electron chi connectivity index (χ1n) is 15.0. The average Bonchev–Trinajstić information content (AvgIpc) is 3.72. The number of benzene rings is 2. The molecule has 2 fully saturated rings. The number of nitrogens with one attached hydrogen (secondary N) is 2. The Morgan fingerprint density at radius 1 is 0.955 bits per heavy atom. The molecule has 6 rings (SSSR count). The molecular weight excluding hydrogens is 560 g/mol. The van der Waals surface area contributed by atoms with Crippen LogP contribution >= 0.6 is 0 Å². The Balaban J connectivity index is 1.20. The van der Waals surface area contributed by atoms with Crippen LogP contribution in [0.15, 0.2) is 67.0 Å². The Labute approximate surface area is 255 Å². The molecule has 2 aliphatic heterocycles. The predicted octanol–water partition coefficient (Wildman–Crippen LogP) is 4.34. The molecule has 228 valence electrons. The number of amides is 2. The van der Waals surface area contributed by atoms with Crippen molar-refractivity contribution in [2.24, 2.45) is 0 Å². The van der Waals surface area contributed by atoms with Crippen LogP contribution in [0.3, 0.4) is 0 Å². The van der Waals surface area contributed by atoms with Gasteiger partial charge in [-0.3, -0.25) is 14.4 Å². The van der Waals surface area contributed by atoms with E-state index in [4.69, 9.17) is 9.72 Å². The number of aliphatic carboxylic acids is 1. The van der Waals surface area contributed by atoms with Crippen LogP contribution < -0.4 is 10.6 Å². The molecule has 0 spiro atoms. The number of urea groups is 1. The number of hydrogen-bond acceptors (Lipinski definition) is 8. The molecule has 3 N–H and O–H groups in total. The second-order valence-corrected chi connectivity index (χ2v) is 11.0.